The normalized spacial score (nSPS) is 9.71. The molecule has 0 aliphatic carbocycles. The largest absolute Gasteiger partial charge is 0.322 e. The average molecular weight is 203 g/mol. The van der Waals surface area contributed by atoms with Gasteiger partial charge in [-0.3, -0.25) is 0 Å². The second kappa shape index (κ2) is 3.57. The minimum Gasteiger partial charge on any atom is -0.322 e. The van der Waals surface area contributed by atoms with Gasteiger partial charge in [0.05, 0.1) is 22.3 Å². The van der Waals surface area contributed by atoms with Crippen molar-refractivity contribution in [2.75, 3.05) is 0 Å². The van der Waals surface area contributed by atoms with E-state index in [-0.39, 0.29) is 0 Å². The molecule has 0 bridgehead atoms. The number of halogens is 1. The van der Waals surface area contributed by atoms with E-state index < -0.39 is 0 Å². The lowest BCUT2D eigenvalue weighted by Gasteiger charge is -2.05. The summed E-state index contributed by atoms with van der Waals surface area (Å²) >= 11 is 6.01. The molecule has 2 aromatic rings. The quantitative estimate of drug-likeness (QED) is 0.699. The molecule has 68 valence electrons. The first-order valence-corrected chi connectivity index (χ1v) is 4.52. The highest BCUT2D eigenvalue weighted by molar-refractivity contribution is 6.32. The molecule has 3 heteroatoms. The molecular formula is C11H7ClN2. The van der Waals surface area contributed by atoms with Gasteiger partial charge in [-0.1, -0.05) is 11.6 Å². The van der Waals surface area contributed by atoms with E-state index >= 15 is 0 Å². The van der Waals surface area contributed by atoms with Gasteiger partial charge in [-0.15, -0.1) is 0 Å². The molecule has 0 unspecified atom stereocenters. The maximum atomic E-state index is 8.75. The van der Waals surface area contributed by atoms with E-state index in [1.807, 2.05) is 29.1 Å². The summed E-state index contributed by atoms with van der Waals surface area (Å²) in [6, 6.07) is 11.1. The lowest BCUT2D eigenvalue weighted by Crippen LogP contribution is -1.91. The molecule has 0 aliphatic rings. The Kier molecular flexibility index (Phi) is 2.26. The van der Waals surface area contributed by atoms with Crippen molar-refractivity contribution in [1.82, 2.24) is 4.57 Å². The van der Waals surface area contributed by atoms with Gasteiger partial charge in [0.25, 0.3) is 0 Å². The molecule has 0 radical (unpaired) electrons. The van der Waals surface area contributed by atoms with E-state index in [9.17, 15) is 0 Å². The Bertz CT molecular complexity index is 480. The van der Waals surface area contributed by atoms with E-state index in [1.165, 1.54) is 0 Å². The standard InChI is InChI=1S/C11H7ClN2/c12-10-4-3-9(8-13)7-11(10)14-5-1-2-6-14/h1-7H. The maximum absolute atomic E-state index is 8.75. The van der Waals surface area contributed by atoms with Crippen LogP contribution in [-0.2, 0) is 0 Å². The molecule has 2 nitrogen and oxygen atoms in total. The number of hydrogen-bond acceptors (Lipinski definition) is 1. The van der Waals surface area contributed by atoms with Gasteiger partial charge in [-0.2, -0.15) is 5.26 Å². The van der Waals surface area contributed by atoms with E-state index in [2.05, 4.69) is 6.07 Å². The van der Waals surface area contributed by atoms with Crippen molar-refractivity contribution in [1.29, 1.82) is 5.26 Å². The van der Waals surface area contributed by atoms with Gasteiger partial charge in [0, 0.05) is 12.4 Å². The molecule has 14 heavy (non-hydrogen) atoms. The van der Waals surface area contributed by atoms with Crippen molar-refractivity contribution in [3.63, 3.8) is 0 Å². The molecule has 1 heterocycles. The SMILES string of the molecule is N#Cc1ccc(Cl)c(-n2cccc2)c1. The predicted molar refractivity (Wildman–Crippen MR) is 55.5 cm³/mol. The molecule has 1 aromatic carbocycles. The van der Waals surface area contributed by atoms with E-state index in [4.69, 9.17) is 16.9 Å². The van der Waals surface area contributed by atoms with E-state index in [0.717, 1.165) is 5.69 Å². The highest BCUT2D eigenvalue weighted by Crippen LogP contribution is 2.21. The fraction of sp³-hybridized carbons (Fsp3) is 0. The lowest BCUT2D eigenvalue weighted by atomic mass is 10.2. The number of aromatic nitrogens is 1. The molecule has 0 saturated heterocycles. The van der Waals surface area contributed by atoms with Gasteiger partial charge < -0.3 is 4.57 Å². The summed E-state index contributed by atoms with van der Waals surface area (Å²) in [7, 11) is 0. The average Bonchev–Trinajstić information content (AvgIpc) is 2.71. The number of nitriles is 1. The van der Waals surface area contributed by atoms with Gasteiger partial charge in [0.1, 0.15) is 0 Å². The summed E-state index contributed by atoms with van der Waals surface area (Å²) in [5.74, 6) is 0. The van der Waals surface area contributed by atoms with Crippen molar-refractivity contribution in [2.24, 2.45) is 0 Å². The number of hydrogen-bond donors (Lipinski definition) is 0. The predicted octanol–water partition coefficient (Wildman–Crippen LogP) is 3.00. The lowest BCUT2D eigenvalue weighted by molar-refractivity contribution is 1.08. The van der Waals surface area contributed by atoms with Crippen LogP contribution in [0.1, 0.15) is 5.56 Å². The molecular weight excluding hydrogens is 196 g/mol. The van der Waals surface area contributed by atoms with Crippen LogP contribution in [0, 0.1) is 11.3 Å². The van der Waals surface area contributed by atoms with Gasteiger partial charge in [-0.25, -0.2) is 0 Å². The van der Waals surface area contributed by atoms with Crippen molar-refractivity contribution in [3.8, 4) is 11.8 Å². The highest BCUT2D eigenvalue weighted by Gasteiger charge is 2.02. The molecule has 0 spiro atoms. The molecule has 0 fully saturated rings. The zero-order chi connectivity index (χ0) is 9.97. The third-order valence-electron chi connectivity index (χ3n) is 1.96. The summed E-state index contributed by atoms with van der Waals surface area (Å²) in [6.45, 7) is 0. The molecule has 0 saturated carbocycles. The van der Waals surface area contributed by atoms with Crippen molar-refractivity contribution in [2.45, 2.75) is 0 Å². The van der Waals surface area contributed by atoms with E-state index in [1.54, 1.807) is 18.2 Å². The Morgan fingerprint density at radius 2 is 1.93 bits per heavy atom. The maximum Gasteiger partial charge on any atom is 0.0992 e. The van der Waals surface area contributed by atoms with Crippen molar-refractivity contribution in [3.05, 3.63) is 53.3 Å². The number of rotatable bonds is 1. The summed E-state index contributed by atoms with van der Waals surface area (Å²) in [5, 5.41) is 9.39. The van der Waals surface area contributed by atoms with Crippen LogP contribution in [0.4, 0.5) is 0 Å². The fourth-order valence-corrected chi connectivity index (χ4v) is 1.49. The van der Waals surface area contributed by atoms with Crippen LogP contribution in [0.5, 0.6) is 0 Å². The molecule has 0 aliphatic heterocycles. The minimum atomic E-state index is 0.609. The zero-order valence-corrected chi connectivity index (χ0v) is 8.07. The van der Waals surface area contributed by atoms with Crippen LogP contribution in [-0.4, -0.2) is 4.57 Å². The molecule has 2 rings (SSSR count). The van der Waals surface area contributed by atoms with Gasteiger partial charge in [0.15, 0.2) is 0 Å². The van der Waals surface area contributed by atoms with Gasteiger partial charge in [-0.05, 0) is 30.3 Å². The second-order valence-corrected chi connectivity index (χ2v) is 3.28. The first kappa shape index (κ1) is 8.86. The third kappa shape index (κ3) is 1.50. The topological polar surface area (TPSA) is 28.7 Å². The minimum absolute atomic E-state index is 0.609. The fourth-order valence-electron chi connectivity index (χ4n) is 1.28. The second-order valence-electron chi connectivity index (χ2n) is 2.87. The summed E-state index contributed by atoms with van der Waals surface area (Å²) in [5.41, 5.74) is 1.44. The first-order valence-electron chi connectivity index (χ1n) is 4.14. The van der Waals surface area contributed by atoms with Crippen LogP contribution < -0.4 is 0 Å². The summed E-state index contributed by atoms with van der Waals surface area (Å²) in [4.78, 5) is 0. The summed E-state index contributed by atoms with van der Waals surface area (Å²) < 4.78 is 1.88. The monoisotopic (exact) mass is 202 g/mol. The van der Waals surface area contributed by atoms with E-state index in [0.29, 0.717) is 10.6 Å². The van der Waals surface area contributed by atoms with Crippen molar-refractivity contribution < 1.29 is 0 Å². The Labute approximate surface area is 87.0 Å². The third-order valence-corrected chi connectivity index (χ3v) is 2.28. The Hall–Kier alpha value is -1.72. The molecule has 0 atom stereocenters. The van der Waals surface area contributed by atoms with Gasteiger partial charge in [0.2, 0.25) is 0 Å². The van der Waals surface area contributed by atoms with Crippen LogP contribution in [0.15, 0.2) is 42.7 Å². The molecule has 1 aromatic heterocycles. The number of benzene rings is 1. The molecule has 0 amide bonds. The Morgan fingerprint density at radius 3 is 2.57 bits per heavy atom. The van der Waals surface area contributed by atoms with Crippen molar-refractivity contribution >= 4 is 11.6 Å². The van der Waals surface area contributed by atoms with Crippen LogP contribution >= 0.6 is 11.6 Å². The summed E-state index contributed by atoms with van der Waals surface area (Å²) in [6.07, 6.45) is 3.78. The Morgan fingerprint density at radius 1 is 1.21 bits per heavy atom. The van der Waals surface area contributed by atoms with Crippen LogP contribution in [0.25, 0.3) is 5.69 Å². The Balaban J connectivity index is 2.58. The van der Waals surface area contributed by atoms with Crippen LogP contribution in [0.2, 0.25) is 5.02 Å². The van der Waals surface area contributed by atoms with Crippen LogP contribution in [0.3, 0.4) is 0 Å². The first-order chi connectivity index (χ1) is 6.81. The smallest absolute Gasteiger partial charge is 0.0992 e. The number of nitrogens with zero attached hydrogens (tertiary/aromatic N) is 2. The molecule has 0 N–H and O–H groups in total. The van der Waals surface area contributed by atoms with Gasteiger partial charge >= 0.3 is 0 Å². The zero-order valence-electron chi connectivity index (χ0n) is 7.31. The highest BCUT2D eigenvalue weighted by atomic mass is 35.5.